The number of nitrogens with two attached hydrogens (primary N) is 1. The second-order valence-electron chi connectivity index (χ2n) is 12.4. The molecule has 2 amide bonds. The monoisotopic (exact) mass is 725 g/mol. The van der Waals surface area contributed by atoms with E-state index < -0.39 is 50.0 Å². The van der Waals surface area contributed by atoms with E-state index in [4.69, 9.17) is 22.1 Å². The van der Waals surface area contributed by atoms with E-state index in [1.54, 1.807) is 53.6 Å². The number of alkyl halides is 5. The number of rotatable bonds is 11. The Hall–Kier alpha value is -5.06. The van der Waals surface area contributed by atoms with Crippen molar-refractivity contribution in [2.45, 2.75) is 52.5 Å². The zero-order valence-corrected chi connectivity index (χ0v) is 28.6. The highest BCUT2D eigenvalue weighted by atomic mass is 35.5. The van der Waals surface area contributed by atoms with Crippen LogP contribution in [0.4, 0.5) is 32.4 Å². The number of carbonyl (C=O) groups excluding carboxylic acids is 2. The van der Waals surface area contributed by atoms with Crippen molar-refractivity contribution in [1.29, 1.82) is 0 Å². The summed E-state index contributed by atoms with van der Waals surface area (Å²) in [5.74, 6) is -1.00. The Morgan fingerprint density at radius 1 is 1.16 bits per heavy atom. The summed E-state index contributed by atoms with van der Waals surface area (Å²) in [7, 11) is 1.77. The molecule has 270 valence electrons. The number of aromatic nitrogens is 2. The molecule has 0 saturated carbocycles. The van der Waals surface area contributed by atoms with Crippen LogP contribution in [0.2, 0.25) is 5.02 Å². The number of nitrogens with one attached hydrogen (secondary N) is 1. The molecule has 18 heteroatoms. The maximum Gasteiger partial charge on any atom is 0.407 e. The summed E-state index contributed by atoms with van der Waals surface area (Å²) in [5.41, 5.74) is 8.29. The summed E-state index contributed by atoms with van der Waals surface area (Å²) >= 11 is 6.18. The van der Waals surface area contributed by atoms with Crippen LogP contribution in [-0.4, -0.2) is 71.6 Å². The Morgan fingerprint density at radius 2 is 1.80 bits per heavy atom. The standard InChI is InChI=1S/C27H25ClF5N9O3.C5H12/c1-35-14-37-42(24(29)30)20-11-17(7-8-18(20)28)21(12-45-26(44)36-13-27(31,32)33)41-23(43)22(38-25(41)34)16-5-3-15(4-6-16)19-9-10-40(2)39-19;1-5(2,3)4/h3-11,14,21-22,24H,1,12-13H2,2H3,(H2,34,38)(H,36,44);1-4H3/b37-14-;. The molecular formula is C32H37ClF5N9O3. The number of ether oxygens (including phenoxy) is 1. The molecule has 1 aliphatic heterocycles. The second kappa shape index (κ2) is 16.6. The molecule has 0 bridgehead atoms. The number of guanidine groups is 1. The molecule has 1 aliphatic rings. The lowest BCUT2D eigenvalue weighted by Crippen LogP contribution is -2.44. The van der Waals surface area contributed by atoms with Gasteiger partial charge in [-0.25, -0.2) is 14.8 Å². The summed E-state index contributed by atoms with van der Waals surface area (Å²) in [5, 5.41) is 9.44. The second-order valence-corrected chi connectivity index (χ2v) is 12.8. The van der Waals surface area contributed by atoms with Crippen molar-refractivity contribution >= 4 is 48.3 Å². The zero-order valence-electron chi connectivity index (χ0n) is 27.8. The van der Waals surface area contributed by atoms with Crippen molar-refractivity contribution in [3.63, 3.8) is 0 Å². The van der Waals surface area contributed by atoms with Gasteiger partial charge in [0.15, 0.2) is 12.0 Å². The van der Waals surface area contributed by atoms with Crippen molar-refractivity contribution in [2.75, 3.05) is 18.2 Å². The summed E-state index contributed by atoms with van der Waals surface area (Å²) < 4.78 is 72.2. The molecule has 3 aromatic rings. The van der Waals surface area contributed by atoms with Crippen LogP contribution >= 0.6 is 11.6 Å². The van der Waals surface area contributed by atoms with Crippen LogP contribution in [0.1, 0.15) is 50.9 Å². The summed E-state index contributed by atoms with van der Waals surface area (Å²) in [6.07, 6.45) is -3.65. The molecule has 1 aromatic heterocycles. The van der Waals surface area contributed by atoms with Gasteiger partial charge in [0.25, 0.3) is 5.91 Å². The van der Waals surface area contributed by atoms with E-state index in [2.05, 4.69) is 54.6 Å². The number of aryl methyl sites for hydroxylation is 1. The van der Waals surface area contributed by atoms with E-state index in [1.807, 2.05) is 0 Å². The summed E-state index contributed by atoms with van der Waals surface area (Å²) in [4.78, 5) is 34.4. The lowest BCUT2D eigenvalue weighted by Gasteiger charge is -2.29. The van der Waals surface area contributed by atoms with Gasteiger partial charge in [-0.1, -0.05) is 69.6 Å². The maximum atomic E-state index is 13.9. The maximum absolute atomic E-state index is 13.9. The zero-order chi connectivity index (χ0) is 37.4. The van der Waals surface area contributed by atoms with Crippen LogP contribution in [0.15, 0.2) is 69.8 Å². The fraction of sp³-hybridized carbons (Fsp3) is 0.375. The smallest absolute Gasteiger partial charge is 0.407 e. The third kappa shape index (κ3) is 11.2. The Balaban J connectivity index is 0.00000126. The molecule has 3 N–H and O–H groups in total. The van der Waals surface area contributed by atoms with Gasteiger partial charge in [0.1, 0.15) is 19.5 Å². The molecule has 50 heavy (non-hydrogen) atoms. The first-order valence-corrected chi connectivity index (χ1v) is 15.3. The first kappa shape index (κ1) is 39.4. The largest absolute Gasteiger partial charge is 0.447 e. The number of hydrazone groups is 1. The molecule has 0 saturated heterocycles. The lowest BCUT2D eigenvalue weighted by molar-refractivity contribution is -0.129. The topological polar surface area (TPSA) is 143 Å². The Bertz CT molecular complexity index is 1700. The number of hydrogen-bond acceptors (Lipinski definition) is 8. The van der Waals surface area contributed by atoms with E-state index in [1.165, 1.54) is 12.1 Å². The molecule has 4 rings (SSSR count). The normalized spacial score (nSPS) is 15.4. The van der Waals surface area contributed by atoms with E-state index in [-0.39, 0.29) is 27.2 Å². The van der Waals surface area contributed by atoms with E-state index in [0.29, 0.717) is 16.7 Å². The van der Waals surface area contributed by atoms with Crippen LogP contribution < -0.4 is 16.1 Å². The molecule has 0 spiro atoms. The minimum Gasteiger partial charge on any atom is -0.447 e. The fourth-order valence-corrected chi connectivity index (χ4v) is 4.55. The van der Waals surface area contributed by atoms with Crippen molar-refractivity contribution in [2.24, 2.45) is 33.3 Å². The Morgan fingerprint density at radius 3 is 2.34 bits per heavy atom. The van der Waals surface area contributed by atoms with Crippen LogP contribution in [0, 0.1) is 5.41 Å². The van der Waals surface area contributed by atoms with Gasteiger partial charge in [0, 0.05) is 18.8 Å². The number of benzene rings is 2. The number of hydrogen-bond donors (Lipinski definition) is 2. The molecule has 2 aromatic carbocycles. The number of amides is 2. The average molecular weight is 726 g/mol. The molecule has 2 heterocycles. The van der Waals surface area contributed by atoms with Crippen LogP contribution in [-0.2, 0) is 16.6 Å². The van der Waals surface area contributed by atoms with Crippen molar-refractivity contribution in [1.82, 2.24) is 20.0 Å². The highest BCUT2D eigenvalue weighted by Gasteiger charge is 2.40. The molecule has 0 radical (unpaired) electrons. The van der Waals surface area contributed by atoms with Gasteiger partial charge in [-0.2, -0.15) is 32.2 Å². The number of nitrogens with zero attached hydrogens (tertiary/aromatic N) is 7. The molecule has 12 nitrogen and oxygen atoms in total. The van der Waals surface area contributed by atoms with Gasteiger partial charge in [-0.05, 0) is 41.5 Å². The van der Waals surface area contributed by atoms with E-state index in [0.717, 1.165) is 22.9 Å². The van der Waals surface area contributed by atoms with Crippen LogP contribution in [0.5, 0.6) is 0 Å². The van der Waals surface area contributed by atoms with Crippen LogP contribution in [0.25, 0.3) is 11.3 Å². The van der Waals surface area contributed by atoms with Crippen molar-refractivity contribution in [3.05, 3.63) is 70.9 Å². The van der Waals surface area contributed by atoms with Gasteiger partial charge in [0.2, 0.25) is 0 Å². The first-order valence-electron chi connectivity index (χ1n) is 14.9. The first-order chi connectivity index (χ1) is 23.3. The molecule has 0 fully saturated rings. The number of alkyl carbamates (subject to hydrolysis) is 1. The third-order valence-corrected chi connectivity index (χ3v) is 6.70. The highest BCUT2D eigenvalue weighted by Crippen LogP contribution is 2.37. The SMILES string of the molecule is C=N/C=N\N(c1cc(C(COC(=O)NCC(F)(F)F)N2C(=O)C(c3ccc(-c4ccn(C)n4)cc3)N=C2N)ccc1Cl)C(F)F.CC(C)(C)C. The van der Waals surface area contributed by atoms with Crippen LogP contribution in [0.3, 0.4) is 0 Å². The van der Waals surface area contributed by atoms with Crippen molar-refractivity contribution in [3.8, 4) is 11.3 Å². The number of anilines is 1. The Labute approximate surface area is 290 Å². The third-order valence-electron chi connectivity index (χ3n) is 6.38. The van der Waals surface area contributed by atoms with Gasteiger partial charge in [-0.3, -0.25) is 19.4 Å². The summed E-state index contributed by atoms with van der Waals surface area (Å²) in [6.45, 7) is 6.27. The van der Waals surface area contributed by atoms with Gasteiger partial charge >= 0.3 is 18.8 Å². The number of carbonyl (C=O) groups is 2. The van der Waals surface area contributed by atoms with Crippen molar-refractivity contribution < 1.29 is 36.3 Å². The van der Waals surface area contributed by atoms with Gasteiger partial charge in [-0.15, -0.1) is 0 Å². The predicted octanol–water partition coefficient (Wildman–Crippen LogP) is 6.69. The molecule has 0 aliphatic carbocycles. The minimum absolute atomic E-state index is 0.0584. The quantitative estimate of drug-likeness (QED) is 0.0742. The predicted molar refractivity (Wildman–Crippen MR) is 181 cm³/mol. The minimum atomic E-state index is -4.72. The van der Waals surface area contributed by atoms with E-state index in [9.17, 15) is 31.5 Å². The lowest BCUT2D eigenvalue weighted by atomic mass is 10.0. The average Bonchev–Trinajstić information content (AvgIpc) is 3.58. The fourth-order valence-electron chi connectivity index (χ4n) is 4.35. The van der Waals surface area contributed by atoms with Gasteiger partial charge < -0.3 is 15.8 Å². The summed E-state index contributed by atoms with van der Waals surface area (Å²) in [6, 6.07) is 9.76. The molecular weight excluding hydrogens is 689 g/mol. The molecule has 2 atom stereocenters. The highest BCUT2D eigenvalue weighted by molar-refractivity contribution is 6.33. The Kier molecular flexibility index (Phi) is 13.0. The van der Waals surface area contributed by atoms with Gasteiger partial charge in [0.05, 0.1) is 22.4 Å². The number of halogens is 6. The number of aliphatic imine (C=N–C) groups is 2. The van der Waals surface area contributed by atoms with E-state index >= 15 is 0 Å². The molecule has 2 unspecified atom stereocenters.